The van der Waals surface area contributed by atoms with Crippen LogP contribution in [0.4, 0.5) is 10.5 Å². The van der Waals surface area contributed by atoms with Crippen molar-refractivity contribution in [3.05, 3.63) is 96.1 Å². The maximum atomic E-state index is 12.9. The molecule has 0 radical (unpaired) electrons. The van der Waals surface area contributed by atoms with Gasteiger partial charge in [0.15, 0.2) is 0 Å². The van der Waals surface area contributed by atoms with Gasteiger partial charge in [-0.3, -0.25) is 14.4 Å². The molecule has 3 aromatic rings. The summed E-state index contributed by atoms with van der Waals surface area (Å²) in [6.45, 7) is 0. The van der Waals surface area contributed by atoms with Crippen LogP contribution in [0.5, 0.6) is 0 Å². The number of ether oxygens (including phenoxy) is 1. The van der Waals surface area contributed by atoms with Crippen molar-refractivity contribution in [3.8, 4) is 0 Å². The summed E-state index contributed by atoms with van der Waals surface area (Å²) in [4.78, 5) is 36.8. The predicted molar refractivity (Wildman–Crippen MR) is 126 cm³/mol. The minimum Gasteiger partial charge on any atom is -0.444 e. The Morgan fingerprint density at radius 1 is 0.853 bits per heavy atom. The number of sulfonamides is 1. The lowest BCUT2D eigenvalue weighted by atomic mass is 10.1. The van der Waals surface area contributed by atoms with Crippen molar-refractivity contribution in [3.63, 3.8) is 0 Å². The van der Waals surface area contributed by atoms with Crippen molar-refractivity contribution in [2.45, 2.75) is 11.0 Å². The first-order valence-electron chi connectivity index (χ1n) is 10.2. The Morgan fingerprint density at radius 2 is 1.41 bits per heavy atom. The van der Waals surface area contributed by atoms with Crippen LogP contribution in [-0.2, 0) is 19.6 Å². The predicted octanol–water partition coefficient (Wildman–Crippen LogP) is 2.87. The summed E-state index contributed by atoms with van der Waals surface area (Å²) in [6, 6.07) is 21.2. The van der Waals surface area contributed by atoms with E-state index in [-0.39, 0.29) is 10.5 Å². The summed E-state index contributed by atoms with van der Waals surface area (Å²) in [5.74, 6) is -1.69. The molecule has 0 aliphatic heterocycles. The average molecular weight is 482 g/mol. The van der Waals surface area contributed by atoms with Crippen LogP contribution < -0.4 is 14.9 Å². The van der Waals surface area contributed by atoms with Gasteiger partial charge in [-0.05, 0) is 36.4 Å². The molecule has 1 unspecified atom stereocenters. The quantitative estimate of drug-likeness (QED) is 0.501. The van der Waals surface area contributed by atoms with E-state index in [1.807, 2.05) is 0 Å². The van der Waals surface area contributed by atoms with Gasteiger partial charge in [0.25, 0.3) is 15.9 Å². The molecule has 10 heteroatoms. The maximum Gasteiger partial charge on any atom is 0.339 e. The number of amides is 3. The Morgan fingerprint density at radius 3 is 1.97 bits per heavy atom. The molecule has 3 amide bonds. The monoisotopic (exact) mass is 481 g/mol. The van der Waals surface area contributed by atoms with E-state index in [0.717, 1.165) is 4.31 Å². The van der Waals surface area contributed by atoms with Gasteiger partial charge in [0.1, 0.15) is 0 Å². The molecule has 1 atom stereocenters. The SMILES string of the molecule is CNC(=O)NC(=O)C(OC(=O)c1ccc(S(=O)(=O)N(C)c2ccccc2)cc1)c1ccccc1. The number of nitrogens with zero attached hydrogens (tertiary/aromatic N) is 1. The minimum atomic E-state index is -3.86. The van der Waals surface area contributed by atoms with Gasteiger partial charge in [-0.2, -0.15) is 0 Å². The largest absolute Gasteiger partial charge is 0.444 e. The number of anilines is 1. The van der Waals surface area contributed by atoms with Crippen molar-refractivity contribution in [1.29, 1.82) is 0 Å². The van der Waals surface area contributed by atoms with E-state index < -0.39 is 34.0 Å². The van der Waals surface area contributed by atoms with Crippen LogP contribution in [0, 0.1) is 0 Å². The van der Waals surface area contributed by atoms with E-state index in [4.69, 9.17) is 4.74 Å². The summed E-state index contributed by atoms with van der Waals surface area (Å²) in [6.07, 6.45) is -1.39. The van der Waals surface area contributed by atoms with Crippen molar-refractivity contribution >= 4 is 33.6 Å². The second kappa shape index (κ2) is 10.6. The number of rotatable bonds is 7. The zero-order chi connectivity index (χ0) is 24.7. The molecule has 34 heavy (non-hydrogen) atoms. The standard InChI is InChI=1S/C24H23N3O6S/c1-25-24(30)26-22(28)21(17-9-5-3-6-10-17)33-23(29)18-13-15-20(16-14-18)34(31,32)27(2)19-11-7-4-8-12-19/h3-16,21H,1-2H3,(H2,25,26,28,30). The third-order valence-electron chi connectivity index (χ3n) is 4.90. The highest BCUT2D eigenvalue weighted by Crippen LogP contribution is 2.23. The third-order valence-corrected chi connectivity index (χ3v) is 6.70. The number of esters is 1. The zero-order valence-corrected chi connectivity index (χ0v) is 19.3. The van der Waals surface area contributed by atoms with Gasteiger partial charge in [-0.15, -0.1) is 0 Å². The smallest absolute Gasteiger partial charge is 0.339 e. The van der Waals surface area contributed by atoms with Gasteiger partial charge in [-0.25, -0.2) is 18.0 Å². The number of carbonyl (C=O) groups excluding carboxylic acids is 3. The summed E-state index contributed by atoms with van der Waals surface area (Å²) >= 11 is 0. The Hall–Kier alpha value is -4.18. The topological polar surface area (TPSA) is 122 Å². The Labute approximate surface area is 197 Å². The molecule has 0 aromatic heterocycles. The van der Waals surface area contributed by atoms with Gasteiger partial charge in [0.05, 0.1) is 16.1 Å². The number of para-hydroxylation sites is 1. The molecule has 0 saturated heterocycles. The highest BCUT2D eigenvalue weighted by Gasteiger charge is 2.27. The molecule has 0 heterocycles. The number of nitrogens with one attached hydrogen (secondary N) is 2. The molecule has 0 aliphatic carbocycles. The van der Waals surface area contributed by atoms with Gasteiger partial charge in [-0.1, -0.05) is 48.5 Å². The second-order valence-corrected chi connectivity index (χ2v) is 9.07. The first kappa shape index (κ1) is 24.5. The molecule has 0 bridgehead atoms. The van der Waals surface area contributed by atoms with E-state index in [2.05, 4.69) is 10.6 Å². The van der Waals surface area contributed by atoms with Crippen molar-refractivity contribution < 1.29 is 27.5 Å². The lowest BCUT2D eigenvalue weighted by molar-refractivity contribution is -0.129. The Kier molecular flexibility index (Phi) is 7.64. The molecule has 9 nitrogen and oxygen atoms in total. The molecule has 0 aliphatic rings. The van der Waals surface area contributed by atoms with Gasteiger partial charge >= 0.3 is 12.0 Å². The summed E-state index contributed by atoms with van der Waals surface area (Å²) < 4.78 is 32.3. The van der Waals surface area contributed by atoms with Crippen LogP contribution >= 0.6 is 0 Å². The highest BCUT2D eigenvalue weighted by atomic mass is 32.2. The summed E-state index contributed by atoms with van der Waals surface area (Å²) in [5, 5.41) is 4.35. The number of benzene rings is 3. The fourth-order valence-corrected chi connectivity index (χ4v) is 4.21. The highest BCUT2D eigenvalue weighted by molar-refractivity contribution is 7.92. The van der Waals surface area contributed by atoms with E-state index in [9.17, 15) is 22.8 Å². The number of urea groups is 1. The van der Waals surface area contributed by atoms with E-state index in [1.165, 1.54) is 38.4 Å². The molecule has 0 spiro atoms. The first-order valence-corrected chi connectivity index (χ1v) is 11.6. The number of hydrogen-bond donors (Lipinski definition) is 2. The van der Waals surface area contributed by atoms with E-state index in [0.29, 0.717) is 11.3 Å². The lowest BCUT2D eigenvalue weighted by Crippen LogP contribution is -2.41. The van der Waals surface area contributed by atoms with Crippen molar-refractivity contribution in [2.75, 3.05) is 18.4 Å². The van der Waals surface area contributed by atoms with Crippen LogP contribution in [0.25, 0.3) is 0 Å². The molecule has 0 saturated carbocycles. The first-order chi connectivity index (χ1) is 16.2. The molecule has 3 rings (SSSR count). The van der Waals surface area contributed by atoms with Crippen LogP contribution in [0.15, 0.2) is 89.8 Å². The average Bonchev–Trinajstić information content (AvgIpc) is 2.87. The Balaban J connectivity index is 1.81. The van der Waals surface area contributed by atoms with Crippen LogP contribution in [0.3, 0.4) is 0 Å². The number of carbonyl (C=O) groups is 3. The zero-order valence-electron chi connectivity index (χ0n) is 18.5. The van der Waals surface area contributed by atoms with Gasteiger partial charge in [0.2, 0.25) is 6.10 Å². The summed E-state index contributed by atoms with van der Waals surface area (Å²) in [7, 11) is -1.08. The fraction of sp³-hybridized carbons (Fsp3) is 0.125. The molecule has 3 aromatic carbocycles. The van der Waals surface area contributed by atoms with Crippen molar-refractivity contribution in [1.82, 2.24) is 10.6 Å². The molecular weight excluding hydrogens is 458 g/mol. The fourth-order valence-electron chi connectivity index (χ4n) is 3.01. The maximum absolute atomic E-state index is 12.9. The minimum absolute atomic E-state index is 0.0210. The molecule has 2 N–H and O–H groups in total. The van der Waals surface area contributed by atoms with E-state index >= 15 is 0 Å². The number of imide groups is 1. The van der Waals surface area contributed by atoms with Crippen LogP contribution in [-0.4, -0.2) is 40.4 Å². The molecular formula is C24H23N3O6S. The molecule has 176 valence electrons. The van der Waals surface area contributed by atoms with Crippen LogP contribution in [0.1, 0.15) is 22.0 Å². The van der Waals surface area contributed by atoms with Gasteiger partial charge in [0, 0.05) is 19.7 Å². The van der Waals surface area contributed by atoms with E-state index in [1.54, 1.807) is 60.7 Å². The lowest BCUT2D eigenvalue weighted by Gasteiger charge is -2.20. The molecule has 0 fully saturated rings. The van der Waals surface area contributed by atoms with Gasteiger partial charge < -0.3 is 10.1 Å². The Bertz CT molecular complexity index is 1260. The third kappa shape index (κ3) is 5.59. The second-order valence-electron chi connectivity index (χ2n) is 7.10. The van der Waals surface area contributed by atoms with Crippen molar-refractivity contribution in [2.24, 2.45) is 0 Å². The summed E-state index contributed by atoms with van der Waals surface area (Å²) in [5.41, 5.74) is 0.884. The van der Waals surface area contributed by atoms with Crippen LogP contribution in [0.2, 0.25) is 0 Å². The number of hydrogen-bond acceptors (Lipinski definition) is 6. The normalized spacial score (nSPS) is 11.7.